The Balaban J connectivity index is 1.59. The summed E-state index contributed by atoms with van der Waals surface area (Å²) in [4.78, 5) is 22.8. The number of fused-ring (bicyclic) bond motifs is 1. The van der Waals surface area contributed by atoms with Crippen molar-refractivity contribution in [2.24, 2.45) is 0 Å². The molecular formula is C19H15FN4O. The zero-order valence-corrected chi connectivity index (χ0v) is 13.3. The second-order valence-corrected chi connectivity index (χ2v) is 5.76. The van der Waals surface area contributed by atoms with E-state index in [0.717, 1.165) is 18.7 Å². The molecule has 2 heterocycles. The van der Waals surface area contributed by atoms with E-state index in [2.05, 4.69) is 26.3 Å². The highest BCUT2D eigenvalue weighted by molar-refractivity contribution is 6.03. The van der Waals surface area contributed by atoms with E-state index >= 15 is 0 Å². The fraction of sp³-hybridized carbons (Fsp3) is 0.105. The Morgan fingerprint density at radius 1 is 1.08 bits per heavy atom. The van der Waals surface area contributed by atoms with Crippen LogP contribution in [0.15, 0.2) is 60.9 Å². The minimum Gasteiger partial charge on any atom is -0.326 e. The first kappa shape index (κ1) is 15.3. The summed E-state index contributed by atoms with van der Waals surface area (Å²) in [6.07, 6.45) is 2.31. The topological polar surface area (TPSA) is 58.1 Å². The molecule has 0 fully saturated rings. The SMILES string of the molecule is O=C(Nc1cccc(F)c1)c1cc(N2CCc3ccccc32)ncn1. The summed E-state index contributed by atoms with van der Waals surface area (Å²) in [5.41, 5.74) is 2.97. The molecule has 0 unspecified atom stereocenters. The van der Waals surface area contributed by atoms with Crippen LogP contribution in [-0.2, 0) is 6.42 Å². The highest BCUT2D eigenvalue weighted by atomic mass is 19.1. The van der Waals surface area contributed by atoms with Crippen LogP contribution in [0.3, 0.4) is 0 Å². The number of anilines is 3. The standard InChI is InChI=1S/C19H15FN4O/c20-14-5-3-6-15(10-14)23-19(25)16-11-18(22-12-21-16)24-9-8-13-4-1-2-7-17(13)24/h1-7,10-12H,8-9H2,(H,23,25). The van der Waals surface area contributed by atoms with Gasteiger partial charge in [-0.15, -0.1) is 0 Å². The van der Waals surface area contributed by atoms with E-state index in [1.165, 1.54) is 30.1 Å². The molecule has 0 saturated heterocycles. The predicted octanol–water partition coefficient (Wildman–Crippen LogP) is 3.56. The van der Waals surface area contributed by atoms with Gasteiger partial charge in [-0.3, -0.25) is 4.79 Å². The average molecular weight is 334 g/mol. The van der Waals surface area contributed by atoms with E-state index in [1.54, 1.807) is 12.1 Å². The molecule has 124 valence electrons. The van der Waals surface area contributed by atoms with E-state index in [-0.39, 0.29) is 5.69 Å². The zero-order valence-electron chi connectivity index (χ0n) is 13.3. The summed E-state index contributed by atoms with van der Waals surface area (Å²) in [6.45, 7) is 0.807. The second-order valence-electron chi connectivity index (χ2n) is 5.76. The number of amides is 1. The van der Waals surface area contributed by atoms with Gasteiger partial charge in [0, 0.05) is 24.0 Å². The van der Waals surface area contributed by atoms with Crippen LogP contribution in [0.1, 0.15) is 16.1 Å². The van der Waals surface area contributed by atoms with Gasteiger partial charge in [-0.2, -0.15) is 0 Å². The van der Waals surface area contributed by atoms with E-state index in [1.807, 2.05) is 18.2 Å². The van der Waals surface area contributed by atoms with Crippen molar-refractivity contribution in [3.05, 3.63) is 78.0 Å². The van der Waals surface area contributed by atoms with Gasteiger partial charge in [0.15, 0.2) is 0 Å². The van der Waals surface area contributed by atoms with Crippen molar-refractivity contribution in [3.63, 3.8) is 0 Å². The molecule has 0 atom stereocenters. The number of carbonyl (C=O) groups is 1. The van der Waals surface area contributed by atoms with E-state index in [9.17, 15) is 9.18 Å². The molecule has 25 heavy (non-hydrogen) atoms. The molecule has 1 aliphatic rings. The fourth-order valence-corrected chi connectivity index (χ4v) is 2.96. The third kappa shape index (κ3) is 3.06. The molecule has 0 spiro atoms. The third-order valence-electron chi connectivity index (χ3n) is 4.13. The molecule has 4 rings (SSSR count). The van der Waals surface area contributed by atoms with Crippen molar-refractivity contribution >= 4 is 23.1 Å². The lowest BCUT2D eigenvalue weighted by molar-refractivity contribution is 0.102. The number of rotatable bonds is 3. The minimum atomic E-state index is -0.408. The van der Waals surface area contributed by atoms with Gasteiger partial charge in [0.2, 0.25) is 0 Å². The average Bonchev–Trinajstić information content (AvgIpc) is 3.06. The molecule has 5 nitrogen and oxygen atoms in total. The number of benzene rings is 2. The third-order valence-corrected chi connectivity index (χ3v) is 4.13. The molecule has 0 radical (unpaired) electrons. The summed E-state index contributed by atoms with van der Waals surface area (Å²) in [5, 5.41) is 2.65. The van der Waals surface area contributed by atoms with Gasteiger partial charge in [0.05, 0.1) is 0 Å². The number of halogens is 1. The Morgan fingerprint density at radius 2 is 1.96 bits per heavy atom. The highest BCUT2D eigenvalue weighted by Crippen LogP contribution is 2.33. The van der Waals surface area contributed by atoms with Gasteiger partial charge in [-0.05, 0) is 36.2 Å². The summed E-state index contributed by atoms with van der Waals surface area (Å²) >= 11 is 0. The molecule has 3 aromatic rings. The Hall–Kier alpha value is -3.28. The summed E-state index contributed by atoms with van der Waals surface area (Å²) < 4.78 is 13.2. The van der Waals surface area contributed by atoms with Crippen molar-refractivity contribution in [2.75, 3.05) is 16.8 Å². The fourth-order valence-electron chi connectivity index (χ4n) is 2.96. The molecule has 1 aliphatic heterocycles. The number of nitrogens with zero attached hydrogens (tertiary/aromatic N) is 3. The van der Waals surface area contributed by atoms with Crippen LogP contribution in [-0.4, -0.2) is 22.4 Å². The molecular weight excluding hydrogens is 319 g/mol. The predicted molar refractivity (Wildman–Crippen MR) is 93.5 cm³/mol. The molecule has 2 aromatic carbocycles. The molecule has 1 aromatic heterocycles. The minimum absolute atomic E-state index is 0.235. The Bertz CT molecular complexity index is 944. The van der Waals surface area contributed by atoms with Crippen LogP contribution in [0.4, 0.5) is 21.6 Å². The lowest BCUT2D eigenvalue weighted by atomic mass is 10.2. The van der Waals surface area contributed by atoms with Gasteiger partial charge in [0.1, 0.15) is 23.7 Å². The van der Waals surface area contributed by atoms with E-state index in [0.29, 0.717) is 11.5 Å². The first-order valence-electron chi connectivity index (χ1n) is 7.95. The molecule has 6 heteroatoms. The maximum Gasteiger partial charge on any atom is 0.274 e. The van der Waals surface area contributed by atoms with Gasteiger partial charge < -0.3 is 10.2 Å². The lowest BCUT2D eigenvalue weighted by Gasteiger charge is -2.18. The number of para-hydroxylation sites is 1. The van der Waals surface area contributed by atoms with Crippen molar-refractivity contribution < 1.29 is 9.18 Å². The number of aromatic nitrogens is 2. The summed E-state index contributed by atoms with van der Waals surface area (Å²) in [5.74, 6) is -0.138. The van der Waals surface area contributed by atoms with Crippen molar-refractivity contribution in [3.8, 4) is 0 Å². The quantitative estimate of drug-likeness (QED) is 0.796. The number of hydrogen-bond acceptors (Lipinski definition) is 4. The van der Waals surface area contributed by atoms with Crippen LogP contribution in [0.2, 0.25) is 0 Å². The molecule has 0 bridgehead atoms. The molecule has 0 saturated carbocycles. The Kier molecular flexibility index (Phi) is 3.85. The number of hydrogen-bond donors (Lipinski definition) is 1. The second kappa shape index (κ2) is 6.32. The molecule has 0 aliphatic carbocycles. The van der Waals surface area contributed by atoms with E-state index in [4.69, 9.17) is 0 Å². The summed E-state index contributed by atoms with van der Waals surface area (Å²) in [7, 11) is 0. The van der Waals surface area contributed by atoms with Crippen molar-refractivity contribution in [2.45, 2.75) is 6.42 Å². The number of carbonyl (C=O) groups excluding carboxylic acids is 1. The van der Waals surface area contributed by atoms with Crippen molar-refractivity contribution in [1.82, 2.24) is 9.97 Å². The van der Waals surface area contributed by atoms with Crippen molar-refractivity contribution in [1.29, 1.82) is 0 Å². The maximum atomic E-state index is 13.2. The largest absolute Gasteiger partial charge is 0.326 e. The molecule has 1 N–H and O–H groups in total. The van der Waals surface area contributed by atoms with Crippen LogP contribution >= 0.6 is 0 Å². The zero-order chi connectivity index (χ0) is 17.2. The van der Waals surface area contributed by atoms with E-state index < -0.39 is 11.7 Å². The Morgan fingerprint density at radius 3 is 2.84 bits per heavy atom. The smallest absolute Gasteiger partial charge is 0.274 e. The summed E-state index contributed by atoms with van der Waals surface area (Å²) in [6, 6.07) is 15.5. The van der Waals surface area contributed by atoms with Crippen LogP contribution in [0.25, 0.3) is 0 Å². The van der Waals surface area contributed by atoms with Gasteiger partial charge in [-0.25, -0.2) is 14.4 Å². The lowest BCUT2D eigenvalue weighted by Crippen LogP contribution is -2.18. The molecule has 1 amide bonds. The highest BCUT2D eigenvalue weighted by Gasteiger charge is 2.22. The Labute approximate surface area is 144 Å². The first-order chi connectivity index (χ1) is 12.2. The van der Waals surface area contributed by atoms with Gasteiger partial charge >= 0.3 is 0 Å². The monoisotopic (exact) mass is 334 g/mol. The van der Waals surface area contributed by atoms with Crippen LogP contribution < -0.4 is 10.2 Å². The van der Waals surface area contributed by atoms with Gasteiger partial charge in [0.25, 0.3) is 5.91 Å². The van der Waals surface area contributed by atoms with Crippen LogP contribution in [0, 0.1) is 5.82 Å². The maximum absolute atomic E-state index is 13.2. The normalized spacial score (nSPS) is 12.8. The van der Waals surface area contributed by atoms with Crippen LogP contribution in [0.5, 0.6) is 0 Å². The first-order valence-corrected chi connectivity index (χ1v) is 7.95. The number of nitrogens with one attached hydrogen (secondary N) is 1. The van der Waals surface area contributed by atoms with Gasteiger partial charge in [-0.1, -0.05) is 24.3 Å².